The highest BCUT2D eigenvalue weighted by Crippen LogP contribution is 2.41. The predicted molar refractivity (Wildman–Crippen MR) is 82.1 cm³/mol. The number of aliphatic hydroxyl groups excluding tert-OH is 1. The molecule has 4 N–H and O–H groups in total. The first-order valence-electron chi connectivity index (χ1n) is 7.68. The maximum atomic E-state index is 9.81. The van der Waals surface area contributed by atoms with Crippen LogP contribution in [0.25, 0.3) is 0 Å². The lowest BCUT2D eigenvalue weighted by Gasteiger charge is -2.49. The van der Waals surface area contributed by atoms with Crippen LogP contribution in [0.3, 0.4) is 0 Å². The Morgan fingerprint density at radius 1 is 1.19 bits per heavy atom. The molecule has 1 saturated heterocycles. The summed E-state index contributed by atoms with van der Waals surface area (Å²) >= 11 is 0. The van der Waals surface area contributed by atoms with E-state index >= 15 is 0 Å². The van der Waals surface area contributed by atoms with Gasteiger partial charge in [0, 0.05) is 24.5 Å². The summed E-state index contributed by atoms with van der Waals surface area (Å²) in [5.41, 5.74) is 5.64. The molecular weight excluding hydrogens is 268 g/mol. The van der Waals surface area contributed by atoms with Gasteiger partial charge in [-0.1, -0.05) is 13.8 Å². The molecule has 1 aromatic heterocycles. The quantitative estimate of drug-likeness (QED) is 0.764. The molecule has 0 aromatic carbocycles. The number of aliphatic hydroxyl groups is 1. The normalized spacial score (nSPS) is 28.0. The van der Waals surface area contributed by atoms with Crippen LogP contribution in [-0.4, -0.2) is 45.3 Å². The highest BCUT2D eigenvalue weighted by atomic mass is 16.3. The highest BCUT2D eigenvalue weighted by Gasteiger charge is 2.47. The molecule has 2 fully saturated rings. The number of anilines is 3. The summed E-state index contributed by atoms with van der Waals surface area (Å²) in [4.78, 5) is 15.1. The zero-order valence-corrected chi connectivity index (χ0v) is 12.7. The van der Waals surface area contributed by atoms with Gasteiger partial charge in [0.25, 0.3) is 0 Å². The molecule has 0 amide bonds. The van der Waals surface area contributed by atoms with E-state index in [9.17, 15) is 5.11 Å². The molecule has 2 atom stereocenters. The molecule has 0 radical (unpaired) electrons. The molecule has 2 unspecified atom stereocenters. The molecule has 3 rings (SSSR count). The van der Waals surface area contributed by atoms with Crippen LogP contribution < -0.4 is 16.0 Å². The van der Waals surface area contributed by atoms with Crippen LogP contribution >= 0.6 is 0 Å². The van der Waals surface area contributed by atoms with Crippen LogP contribution in [0.5, 0.6) is 0 Å². The first-order valence-corrected chi connectivity index (χ1v) is 7.68. The smallest absolute Gasteiger partial charge is 0.231 e. The molecule has 7 nitrogen and oxygen atoms in total. The summed E-state index contributed by atoms with van der Waals surface area (Å²) in [6.45, 7) is 6.01. The lowest BCUT2D eigenvalue weighted by Crippen LogP contribution is -2.57. The van der Waals surface area contributed by atoms with E-state index in [0.29, 0.717) is 18.3 Å². The van der Waals surface area contributed by atoms with E-state index in [1.165, 1.54) is 6.42 Å². The second-order valence-corrected chi connectivity index (χ2v) is 6.63. The van der Waals surface area contributed by atoms with Gasteiger partial charge in [0.2, 0.25) is 17.8 Å². The minimum absolute atomic E-state index is 0.156. The minimum atomic E-state index is -0.282. The van der Waals surface area contributed by atoms with Gasteiger partial charge in [0.15, 0.2) is 0 Å². The standard InChI is InChI=1S/C14H24N6O/c1-14(2)9(8-10(14)21)16-12-17-11(15)18-13(19-12)20-6-4-3-5-7-20/h9-10,21H,3-8H2,1-2H3,(H3,15,16,17,18,19). The van der Waals surface area contributed by atoms with Crippen LogP contribution in [0, 0.1) is 5.41 Å². The fraction of sp³-hybridized carbons (Fsp3) is 0.786. The molecule has 116 valence electrons. The van der Waals surface area contributed by atoms with Crippen LogP contribution in [-0.2, 0) is 0 Å². The number of rotatable bonds is 3. The Morgan fingerprint density at radius 2 is 1.90 bits per heavy atom. The third-order valence-electron chi connectivity index (χ3n) is 4.80. The van der Waals surface area contributed by atoms with Crippen molar-refractivity contribution in [3.8, 4) is 0 Å². The fourth-order valence-corrected chi connectivity index (χ4v) is 2.98. The zero-order chi connectivity index (χ0) is 15.0. The largest absolute Gasteiger partial charge is 0.392 e. The zero-order valence-electron chi connectivity index (χ0n) is 12.7. The molecule has 1 aliphatic carbocycles. The van der Waals surface area contributed by atoms with Crippen LogP contribution in [0.4, 0.5) is 17.8 Å². The molecule has 0 spiro atoms. The Hall–Kier alpha value is -1.63. The summed E-state index contributed by atoms with van der Waals surface area (Å²) in [6.07, 6.45) is 4.01. The second kappa shape index (κ2) is 5.29. The molecule has 21 heavy (non-hydrogen) atoms. The molecular formula is C14H24N6O. The third kappa shape index (κ3) is 2.74. The van der Waals surface area contributed by atoms with Crippen molar-refractivity contribution in [2.24, 2.45) is 5.41 Å². The summed E-state index contributed by atoms with van der Waals surface area (Å²) in [5, 5.41) is 13.1. The van der Waals surface area contributed by atoms with E-state index in [4.69, 9.17) is 5.73 Å². The summed E-state index contributed by atoms with van der Waals surface area (Å²) in [5.74, 6) is 1.40. The van der Waals surface area contributed by atoms with E-state index in [-0.39, 0.29) is 23.5 Å². The number of hydrogen-bond acceptors (Lipinski definition) is 7. The first kappa shape index (κ1) is 14.3. The molecule has 1 saturated carbocycles. The second-order valence-electron chi connectivity index (χ2n) is 6.63. The lowest BCUT2D eigenvalue weighted by molar-refractivity contribution is -0.0512. The average molecular weight is 292 g/mol. The molecule has 2 aliphatic rings. The van der Waals surface area contributed by atoms with Crippen LogP contribution in [0.15, 0.2) is 0 Å². The van der Waals surface area contributed by atoms with Gasteiger partial charge < -0.3 is 21.1 Å². The average Bonchev–Trinajstić information content (AvgIpc) is 2.47. The minimum Gasteiger partial charge on any atom is -0.392 e. The van der Waals surface area contributed by atoms with Crippen molar-refractivity contribution in [2.45, 2.75) is 51.7 Å². The van der Waals surface area contributed by atoms with Crippen molar-refractivity contribution in [1.82, 2.24) is 15.0 Å². The van der Waals surface area contributed by atoms with Gasteiger partial charge in [-0.05, 0) is 25.7 Å². The number of nitrogens with two attached hydrogens (primary N) is 1. The Labute approximate surface area is 125 Å². The number of nitrogen functional groups attached to an aromatic ring is 1. The van der Waals surface area contributed by atoms with Crippen molar-refractivity contribution in [3.63, 3.8) is 0 Å². The Kier molecular flexibility index (Phi) is 3.61. The van der Waals surface area contributed by atoms with Gasteiger partial charge in [0.1, 0.15) is 0 Å². The predicted octanol–water partition coefficient (Wildman–Crippen LogP) is 1.02. The molecule has 1 aliphatic heterocycles. The first-order chi connectivity index (χ1) is 9.96. The number of nitrogens with zero attached hydrogens (tertiary/aromatic N) is 4. The van der Waals surface area contributed by atoms with Crippen molar-refractivity contribution in [2.75, 3.05) is 29.0 Å². The van der Waals surface area contributed by atoms with Crippen LogP contribution in [0.2, 0.25) is 0 Å². The number of hydrogen-bond donors (Lipinski definition) is 3. The molecule has 1 aromatic rings. The molecule has 7 heteroatoms. The number of nitrogens with one attached hydrogen (secondary N) is 1. The maximum Gasteiger partial charge on any atom is 0.231 e. The Bertz CT molecular complexity index is 514. The van der Waals surface area contributed by atoms with Gasteiger partial charge in [-0.15, -0.1) is 0 Å². The van der Waals surface area contributed by atoms with Gasteiger partial charge >= 0.3 is 0 Å². The number of piperidine rings is 1. The molecule has 2 heterocycles. The van der Waals surface area contributed by atoms with Gasteiger partial charge in [-0.3, -0.25) is 0 Å². The van der Waals surface area contributed by atoms with Crippen molar-refractivity contribution >= 4 is 17.8 Å². The topological polar surface area (TPSA) is 100 Å². The van der Waals surface area contributed by atoms with Gasteiger partial charge in [0.05, 0.1) is 6.10 Å². The van der Waals surface area contributed by atoms with Crippen LogP contribution in [0.1, 0.15) is 39.5 Å². The summed E-state index contributed by atoms with van der Waals surface area (Å²) < 4.78 is 0. The van der Waals surface area contributed by atoms with Crippen molar-refractivity contribution < 1.29 is 5.11 Å². The van der Waals surface area contributed by atoms with Crippen molar-refractivity contribution in [3.05, 3.63) is 0 Å². The third-order valence-corrected chi connectivity index (χ3v) is 4.80. The van der Waals surface area contributed by atoms with Gasteiger partial charge in [-0.2, -0.15) is 15.0 Å². The molecule has 0 bridgehead atoms. The highest BCUT2D eigenvalue weighted by molar-refractivity contribution is 5.43. The van der Waals surface area contributed by atoms with E-state index in [1.54, 1.807) is 0 Å². The number of aromatic nitrogens is 3. The Balaban J connectivity index is 1.75. The lowest BCUT2D eigenvalue weighted by atomic mass is 9.65. The SMILES string of the molecule is CC1(C)C(O)CC1Nc1nc(N)nc(N2CCCCC2)n1. The van der Waals surface area contributed by atoms with Gasteiger partial charge in [-0.25, -0.2) is 0 Å². The summed E-state index contributed by atoms with van der Waals surface area (Å²) in [7, 11) is 0. The van der Waals surface area contributed by atoms with E-state index < -0.39 is 0 Å². The van der Waals surface area contributed by atoms with E-state index in [2.05, 4.69) is 25.2 Å². The van der Waals surface area contributed by atoms with E-state index in [0.717, 1.165) is 25.9 Å². The monoisotopic (exact) mass is 292 g/mol. The summed E-state index contributed by atoms with van der Waals surface area (Å²) in [6, 6.07) is 0.156. The maximum absolute atomic E-state index is 9.81. The fourth-order valence-electron chi connectivity index (χ4n) is 2.98. The van der Waals surface area contributed by atoms with E-state index in [1.807, 2.05) is 13.8 Å². The van der Waals surface area contributed by atoms with Crippen molar-refractivity contribution in [1.29, 1.82) is 0 Å². The Morgan fingerprint density at radius 3 is 2.52 bits per heavy atom.